The SMILES string of the molecule is CC(C)[C@@H]1CC[C@@H](C)C[C@H]1OCP1Oc2cccc3c2C2(c4ccccc4O3)c3ccccc3Oc3cccc(c32)O1. The average Bonchev–Trinajstić information content (AvgIpc) is 2.99. The van der Waals surface area contributed by atoms with Crippen LogP contribution in [0.15, 0.2) is 84.9 Å². The predicted octanol–water partition coefficient (Wildman–Crippen LogP) is 9.80. The zero-order valence-corrected chi connectivity index (χ0v) is 25.1. The number of ether oxygens (including phenoxy) is 3. The first kappa shape index (κ1) is 26.1. The highest BCUT2D eigenvalue weighted by Gasteiger charge is 2.55. The van der Waals surface area contributed by atoms with E-state index in [4.69, 9.17) is 23.3 Å². The van der Waals surface area contributed by atoms with Crippen molar-refractivity contribution in [2.45, 2.75) is 51.6 Å². The van der Waals surface area contributed by atoms with Crippen LogP contribution >= 0.6 is 8.38 Å². The molecule has 0 bridgehead atoms. The van der Waals surface area contributed by atoms with Gasteiger partial charge in [-0.3, -0.25) is 0 Å². The normalized spacial score (nSPS) is 22.9. The van der Waals surface area contributed by atoms with Crippen LogP contribution < -0.4 is 18.5 Å². The first-order valence-electron chi connectivity index (χ1n) is 15.1. The summed E-state index contributed by atoms with van der Waals surface area (Å²) < 4.78 is 33.7. The molecule has 42 heavy (non-hydrogen) atoms. The molecular weight excluding hydrogens is 543 g/mol. The first-order valence-corrected chi connectivity index (χ1v) is 16.5. The molecule has 0 saturated heterocycles. The summed E-state index contributed by atoms with van der Waals surface area (Å²) in [5.41, 5.74) is 3.30. The van der Waals surface area contributed by atoms with Gasteiger partial charge in [-0.15, -0.1) is 0 Å². The van der Waals surface area contributed by atoms with Gasteiger partial charge in [0.25, 0.3) is 0 Å². The fraction of sp³-hybridized carbons (Fsp3) is 0.333. The van der Waals surface area contributed by atoms with E-state index in [0.717, 1.165) is 63.2 Å². The maximum Gasteiger partial charge on any atom is 0.318 e. The Morgan fingerprint density at radius 3 is 1.81 bits per heavy atom. The van der Waals surface area contributed by atoms with E-state index in [2.05, 4.69) is 45.0 Å². The van der Waals surface area contributed by atoms with Gasteiger partial charge in [-0.2, -0.15) is 0 Å². The monoisotopic (exact) mass is 578 g/mol. The second-order valence-electron chi connectivity index (χ2n) is 12.4. The van der Waals surface area contributed by atoms with Gasteiger partial charge in [-0.1, -0.05) is 75.7 Å². The van der Waals surface area contributed by atoms with Crippen LogP contribution in [-0.2, 0) is 10.2 Å². The van der Waals surface area contributed by atoms with Crippen molar-refractivity contribution >= 4 is 8.38 Å². The molecule has 0 unspecified atom stereocenters. The summed E-state index contributed by atoms with van der Waals surface area (Å²) in [6.07, 6.45) is 4.14. The molecule has 4 aromatic carbocycles. The van der Waals surface area contributed by atoms with Crippen LogP contribution in [0.4, 0.5) is 0 Å². The number of hydrogen-bond donors (Lipinski definition) is 0. The van der Waals surface area contributed by atoms with E-state index in [1.807, 2.05) is 60.7 Å². The van der Waals surface area contributed by atoms with Gasteiger partial charge in [0.2, 0.25) is 0 Å². The van der Waals surface area contributed by atoms with Crippen molar-refractivity contribution in [1.82, 2.24) is 0 Å². The Labute approximate surface area is 248 Å². The summed E-state index contributed by atoms with van der Waals surface area (Å²) in [6, 6.07) is 28.7. The molecule has 6 heteroatoms. The first-order chi connectivity index (χ1) is 20.5. The van der Waals surface area contributed by atoms with Crippen molar-refractivity contribution in [2.75, 3.05) is 6.35 Å². The minimum Gasteiger partial charge on any atom is -0.457 e. The minimum absolute atomic E-state index is 0.202. The third kappa shape index (κ3) is 3.90. The van der Waals surface area contributed by atoms with Crippen LogP contribution in [0, 0.1) is 17.8 Å². The molecular formula is C36H35O5P. The van der Waals surface area contributed by atoms with E-state index in [0.29, 0.717) is 24.1 Å². The van der Waals surface area contributed by atoms with Gasteiger partial charge in [0.1, 0.15) is 40.8 Å². The lowest BCUT2D eigenvalue weighted by atomic mass is 9.62. The van der Waals surface area contributed by atoms with Crippen molar-refractivity contribution in [1.29, 1.82) is 0 Å². The highest BCUT2D eigenvalue weighted by atomic mass is 31.2. The van der Waals surface area contributed by atoms with Crippen molar-refractivity contribution < 1.29 is 23.3 Å². The lowest BCUT2D eigenvalue weighted by Crippen LogP contribution is -2.38. The Morgan fingerprint density at radius 2 is 1.24 bits per heavy atom. The molecule has 0 amide bonds. The van der Waals surface area contributed by atoms with Crippen molar-refractivity contribution in [3.63, 3.8) is 0 Å². The standard InChI is InChI=1S/C36H35O5P/c1-22(2)24-19-18-23(3)20-33(24)37-21-42-40-31-16-8-14-29-34(31)36(25-10-4-6-12-27(25)38-29)26-11-5-7-13-28(26)39-30-15-9-17-32(41-42)35(30)36/h4-17,22-24,33H,18-21H2,1-3H3/t23-,24+,33-,36?/m1/s1. The van der Waals surface area contributed by atoms with Crippen LogP contribution in [-0.4, -0.2) is 12.5 Å². The van der Waals surface area contributed by atoms with E-state index in [1.165, 1.54) is 12.8 Å². The van der Waals surface area contributed by atoms with Gasteiger partial charge in [-0.25, -0.2) is 0 Å². The van der Waals surface area contributed by atoms with Gasteiger partial charge in [0.05, 0.1) is 22.6 Å². The third-order valence-corrected chi connectivity index (χ3v) is 10.7. The Kier molecular flexibility index (Phi) is 6.24. The highest BCUT2D eigenvalue weighted by molar-refractivity contribution is 7.47. The van der Waals surface area contributed by atoms with Gasteiger partial charge < -0.3 is 23.3 Å². The molecule has 0 N–H and O–H groups in total. The van der Waals surface area contributed by atoms with E-state index in [-0.39, 0.29) is 6.10 Å². The molecule has 3 atom stereocenters. The van der Waals surface area contributed by atoms with E-state index in [1.54, 1.807) is 0 Å². The summed E-state index contributed by atoms with van der Waals surface area (Å²) in [5, 5.41) is 0. The average molecular weight is 579 g/mol. The maximum absolute atomic E-state index is 6.87. The summed E-state index contributed by atoms with van der Waals surface area (Å²) in [7, 11) is -1.46. The zero-order chi connectivity index (χ0) is 28.4. The van der Waals surface area contributed by atoms with E-state index in [9.17, 15) is 0 Å². The number of hydrogen-bond acceptors (Lipinski definition) is 5. The summed E-state index contributed by atoms with van der Waals surface area (Å²) in [4.78, 5) is 0. The van der Waals surface area contributed by atoms with E-state index >= 15 is 0 Å². The molecule has 5 nitrogen and oxygen atoms in total. The molecule has 3 aliphatic heterocycles. The van der Waals surface area contributed by atoms with Crippen molar-refractivity contribution in [2.24, 2.45) is 17.8 Å². The number of rotatable bonds is 4. The predicted molar refractivity (Wildman–Crippen MR) is 164 cm³/mol. The molecule has 4 aliphatic rings. The van der Waals surface area contributed by atoms with Crippen LogP contribution in [0.1, 0.15) is 62.3 Å². The summed E-state index contributed by atoms with van der Waals surface area (Å²) >= 11 is 0. The van der Waals surface area contributed by atoms with Crippen molar-refractivity contribution in [3.8, 4) is 34.5 Å². The molecule has 1 spiro atoms. The molecule has 1 aliphatic carbocycles. The molecule has 214 valence electrons. The highest BCUT2D eigenvalue weighted by Crippen LogP contribution is 2.67. The van der Waals surface area contributed by atoms with E-state index < -0.39 is 13.8 Å². The van der Waals surface area contributed by atoms with Crippen LogP contribution in [0.3, 0.4) is 0 Å². The van der Waals surface area contributed by atoms with Crippen LogP contribution in [0.2, 0.25) is 0 Å². The molecule has 0 aromatic heterocycles. The maximum atomic E-state index is 6.87. The summed E-state index contributed by atoms with van der Waals surface area (Å²) in [5.74, 6) is 6.49. The molecule has 1 fully saturated rings. The van der Waals surface area contributed by atoms with Crippen LogP contribution in [0.5, 0.6) is 34.5 Å². The van der Waals surface area contributed by atoms with Gasteiger partial charge >= 0.3 is 8.38 Å². The zero-order valence-electron chi connectivity index (χ0n) is 24.2. The molecule has 0 radical (unpaired) electrons. The Bertz CT molecular complexity index is 1560. The fourth-order valence-electron chi connectivity index (χ4n) is 7.61. The lowest BCUT2D eigenvalue weighted by Gasteiger charge is -2.47. The Hall–Kier alpha value is -3.53. The Morgan fingerprint density at radius 1 is 0.714 bits per heavy atom. The van der Waals surface area contributed by atoms with Gasteiger partial charge in [0, 0.05) is 11.1 Å². The van der Waals surface area contributed by atoms with Gasteiger partial charge in [0.15, 0.2) is 0 Å². The third-order valence-electron chi connectivity index (χ3n) is 9.50. The molecule has 3 heterocycles. The molecule has 4 aromatic rings. The molecule has 8 rings (SSSR count). The smallest absolute Gasteiger partial charge is 0.318 e. The molecule has 1 saturated carbocycles. The fourth-order valence-corrected chi connectivity index (χ4v) is 8.81. The minimum atomic E-state index is -1.46. The van der Waals surface area contributed by atoms with Gasteiger partial charge in [-0.05, 0) is 67.0 Å². The largest absolute Gasteiger partial charge is 0.457 e. The van der Waals surface area contributed by atoms with Crippen molar-refractivity contribution in [3.05, 3.63) is 107 Å². The second kappa shape index (κ2) is 10.0. The second-order valence-corrected chi connectivity index (χ2v) is 13.7. The number of para-hydroxylation sites is 2. The topological polar surface area (TPSA) is 46.2 Å². The number of benzene rings is 4. The summed E-state index contributed by atoms with van der Waals surface area (Å²) in [6.45, 7) is 6.96. The number of fused-ring (bicyclic) bond motifs is 2. The van der Waals surface area contributed by atoms with Crippen LogP contribution in [0.25, 0.3) is 0 Å². The quantitative estimate of drug-likeness (QED) is 0.195. The lowest BCUT2D eigenvalue weighted by molar-refractivity contribution is -0.0211. The Balaban J connectivity index is 1.30.